The summed E-state index contributed by atoms with van der Waals surface area (Å²) < 4.78 is 15.1. The summed E-state index contributed by atoms with van der Waals surface area (Å²) in [7, 11) is 0. The maximum absolute atomic E-state index is 13.0. The molecular formula is C19H21FN4. The summed E-state index contributed by atoms with van der Waals surface area (Å²) >= 11 is 0. The number of anilines is 1. The second-order valence-electron chi connectivity index (χ2n) is 6.32. The van der Waals surface area contributed by atoms with Gasteiger partial charge in [0.1, 0.15) is 11.5 Å². The molecule has 4 nitrogen and oxygen atoms in total. The van der Waals surface area contributed by atoms with Crippen molar-refractivity contribution in [1.82, 2.24) is 14.7 Å². The zero-order valence-corrected chi connectivity index (χ0v) is 13.5. The summed E-state index contributed by atoms with van der Waals surface area (Å²) in [6.07, 6.45) is 6.28. The summed E-state index contributed by atoms with van der Waals surface area (Å²) in [4.78, 5) is 6.94. The van der Waals surface area contributed by atoms with Crippen molar-refractivity contribution in [2.24, 2.45) is 0 Å². The Balaban J connectivity index is 1.30. The Morgan fingerprint density at radius 2 is 1.88 bits per heavy atom. The number of halogens is 1. The van der Waals surface area contributed by atoms with Crippen molar-refractivity contribution in [3.05, 3.63) is 66.4 Å². The predicted octanol–water partition coefficient (Wildman–Crippen LogP) is 3.23. The summed E-state index contributed by atoms with van der Waals surface area (Å²) in [5, 5.41) is 3.62. The van der Waals surface area contributed by atoms with Crippen LogP contribution in [-0.4, -0.2) is 28.5 Å². The first-order valence-electron chi connectivity index (χ1n) is 8.44. The van der Waals surface area contributed by atoms with Gasteiger partial charge in [-0.15, -0.1) is 0 Å². The number of fused-ring (bicyclic) bond motifs is 1. The van der Waals surface area contributed by atoms with Crippen molar-refractivity contribution in [2.45, 2.75) is 25.4 Å². The number of rotatable bonds is 4. The highest BCUT2D eigenvalue weighted by atomic mass is 19.1. The summed E-state index contributed by atoms with van der Waals surface area (Å²) in [5.41, 5.74) is 3.16. The fourth-order valence-corrected chi connectivity index (χ4v) is 3.31. The molecule has 5 heteroatoms. The van der Waals surface area contributed by atoms with E-state index < -0.39 is 0 Å². The lowest BCUT2D eigenvalue weighted by Gasteiger charge is -2.34. The normalized spacial score (nSPS) is 16.0. The maximum Gasteiger partial charge on any atom is 0.137 e. The molecule has 0 aliphatic carbocycles. The van der Waals surface area contributed by atoms with Crippen LogP contribution in [0.5, 0.6) is 0 Å². The second kappa shape index (κ2) is 6.61. The van der Waals surface area contributed by atoms with E-state index in [4.69, 9.17) is 0 Å². The molecule has 3 heterocycles. The SMILES string of the molecule is Fc1ccc(N2CCC(NCc3cn4ccccc4n3)CC2)cc1. The number of pyridine rings is 1. The molecule has 3 aromatic rings. The van der Waals surface area contributed by atoms with Gasteiger partial charge >= 0.3 is 0 Å². The number of imidazole rings is 1. The first-order valence-corrected chi connectivity index (χ1v) is 8.44. The number of hydrogen-bond acceptors (Lipinski definition) is 3. The standard InChI is InChI=1S/C19H21FN4/c20-15-4-6-18(7-5-15)23-11-8-16(9-12-23)21-13-17-14-24-10-2-1-3-19(24)22-17/h1-7,10,14,16,21H,8-9,11-13H2. The lowest BCUT2D eigenvalue weighted by atomic mass is 10.0. The van der Waals surface area contributed by atoms with E-state index in [1.54, 1.807) is 0 Å². The van der Waals surface area contributed by atoms with Crippen molar-refractivity contribution >= 4 is 11.3 Å². The molecule has 0 radical (unpaired) electrons. The van der Waals surface area contributed by atoms with Crippen LogP contribution in [0.3, 0.4) is 0 Å². The van der Waals surface area contributed by atoms with Crippen LogP contribution in [0.15, 0.2) is 54.9 Å². The van der Waals surface area contributed by atoms with E-state index in [-0.39, 0.29) is 5.82 Å². The molecule has 24 heavy (non-hydrogen) atoms. The Kier molecular flexibility index (Phi) is 4.17. The molecule has 0 saturated carbocycles. The number of piperidine rings is 1. The van der Waals surface area contributed by atoms with Gasteiger partial charge in [0, 0.05) is 43.8 Å². The molecule has 1 aromatic carbocycles. The van der Waals surface area contributed by atoms with Gasteiger partial charge in [-0.05, 0) is 49.2 Å². The Hall–Kier alpha value is -2.40. The van der Waals surface area contributed by atoms with Crippen molar-refractivity contribution in [2.75, 3.05) is 18.0 Å². The minimum atomic E-state index is -0.178. The summed E-state index contributed by atoms with van der Waals surface area (Å²) in [5.74, 6) is -0.178. The largest absolute Gasteiger partial charge is 0.371 e. The molecule has 1 N–H and O–H groups in total. The van der Waals surface area contributed by atoms with Crippen LogP contribution in [0.1, 0.15) is 18.5 Å². The summed E-state index contributed by atoms with van der Waals surface area (Å²) in [6, 6.07) is 13.3. The van der Waals surface area contributed by atoms with Gasteiger partial charge in [0.15, 0.2) is 0 Å². The van der Waals surface area contributed by atoms with E-state index in [1.165, 1.54) is 12.1 Å². The molecule has 0 bridgehead atoms. The zero-order valence-electron chi connectivity index (χ0n) is 13.5. The quantitative estimate of drug-likeness (QED) is 0.800. The maximum atomic E-state index is 13.0. The highest BCUT2D eigenvalue weighted by molar-refractivity contribution is 5.46. The second-order valence-corrected chi connectivity index (χ2v) is 6.32. The van der Waals surface area contributed by atoms with Crippen molar-refractivity contribution < 1.29 is 4.39 Å². The molecule has 1 aliphatic rings. The van der Waals surface area contributed by atoms with Gasteiger partial charge in [-0.25, -0.2) is 9.37 Å². The van der Waals surface area contributed by atoms with Gasteiger partial charge in [-0.2, -0.15) is 0 Å². The van der Waals surface area contributed by atoms with Crippen LogP contribution in [-0.2, 0) is 6.54 Å². The number of benzene rings is 1. The van der Waals surface area contributed by atoms with Crippen molar-refractivity contribution in [1.29, 1.82) is 0 Å². The molecule has 4 rings (SSSR count). The van der Waals surface area contributed by atoms with Crippen LogP contribution in [0, 0.1) is 5.82 Å². The molecule has 1 aliphatic heterocycles. The van der Waals surface area contributed by atoms with Crippen LogP contribution in [0.2, 0.25) is 0 Å². The van der Waals surface area contributed by atoms with E-state index >= 15 is 0 Å². The van der Waals surface area contributed by atoms with Gasteiger partial charge in [-0.3, -0.25) is 0 Å². The topological polar surface area (TPSA) is 32.6 Å². The number of hydrogen-bond donors (Lipinski definition) is 1. The lowest BCUT2D eigenvalue weighted by molar-refractivity contribution is 0.412. The van der Waals surface area contributed by atoms with E-state index in [2.05, 4.69) is 21.4 Å². The third-order valence-electron chi connectivity index (χ3n) is 4.67. The van der Waals surface area contributed by atoms with E-state index in [1.807, 2.05) is 40.9 Å². The fourth-order valence-electron chi connectivity index (χ4n) is 3.31. The molecule has 1 saturated heterocycles. The molecule has 124 valence electrons. The number of nitrogens with one attached hydrogen (secondary N) is 1. The van der Waals surface area contributed by atoms with Gasteiger partial charge in [0.25, 0.3) is 0 Å². The highest BCUT2D eigenvalue weighted by Crippen LogP contribution is 2.20. The first-order chi connectivity index (χ1) is 11.8. The predicted molar refractivity (Wildman–Crippen MR) is 93.7 cm³/mol. The average molecular weight is 324 g/mol. The molecule has 0 spiro atoms. The van der Waals surface area contributed by atoms with Gasteiger partial charge in [-0.1, -0.05) is 6.07 Å². The average Bonchev–Trinajstić information content (AvgIpc) is 3.04. The Morgan fingerprint density at radius 3 is 2.62 bits per heavy atom. The molecule has 1 fully saturated rings. The van der Waals surface area contributed by atoms with Crippen molar-refractivity contribution in [3.8, 4) is 0 Å². The highest BCUT2D eigenvalue weighted by Gasteiger charge is 2.19. The molecule has 0 amide bonds. The minimum Gasteiger partial charge on any atom is -0.371 e. The minimum absolute atomic E-state index is 0.178. The van der Waals surface area contributed by atoms with E-state index in [9.17, 15) is 4.39 Å². The zero-order chi connectivity index (χ0) is 16.4. The fraction of sp³-hybridized carbons (Fsp3) is 0.316. The smallest absolute Gasteiger partial charge is 0.137 e. The molecule has 0 unspecified atom stereocenters. The van der Waals surface area contributed by atoms with E-state index in [0.717, 1.165) is 49.5 Å². The Morgan fingerprint density at radius 1 is 1.08 bits per heavy atom. The molecular weight excluding hydrogens is 303 g/mol. The van der Waals surface area contributed by atoms with Gasteiger partial charge in [0.05, 0.1) is 5.69 Å². The van der Waals surface area contributed by atoms with Crippen LogP contribution in [0.25, 0.3) is 5.65 Å². The van der Waals surface area contributed by atoms with Crippen molar-refractivity contribution in [3.63, 3.8) is 0 Å². The third kappa shape index (κ3) is 3.26. The van der Waals surface area contributed by atoms with Crippen LogP contribution >= 0.6 is 0 Å². The van der Waals surface area contributed by atoms with Crippen LogP contribution in [0.4, 0.5) is 10.1 Å². The Labute approximate surface area is 140 Å². The lowest BCUT2D eigenvalue weighted by Crippen LogP contribution is -2.42. The first kappa shape index (κ1) is 15.1. The van der Waals surface area contributed by atoms with Gasteiger partial charge < -0.3 is 14.6 Å². The molecule has 0 atom stereocenters. The van der Waals surface area contributed by atoms with Gasteiger partial charge in [0.2, 0.25) is 0 Å². The third-order valence-corrected chi connectivity index (χ3v) is 4.67. The number of aromatic nitrogens is 2. The monoisotopic (exact) mass is 324 g/mol. The summed E-state index contributed by atoms with van der Waals surface area (Å²) in [6.45, 7) is 2.78. The molecule has 2 aromatic heterocycles. The van der Waals surface area contributed by atoms with Crippen LogP contribution < -0.4 is 10.2 Å². The number of nitrogens with zero attached hydrogens (tertiary/aromatic N) is 3. The van der Waals surface area contributed by atoms with E-state index in [0.29, 0.717) is 6.04 Å². The Bertz CT molecular complexity index is 771.